The second-order valence-electron chi connectivity index (χ2n) is 3.46. The highest BCUT2D eigenvalue weighted by Crippen LogP contribution is 2.09. The van der Waals surface area contributed by atoms with E-state index in [1.54, 1.807) is 0 Å². The summed E-state index contributed by atoms with van der Waals surface area (Å²) in [5.74, 6) is 0. The van der Waals surface area contributed by atoms with E-state index in [-0.39, 0.29) is 12.2 Å². The van der Waals surface area contributed by atoms with E-state index in [9.17, 15) is 4.79 Å². The quantitative estimate of drug-likeness (QED) is 0.671. The van der Waals surface area contributed by atoms with Gasteiger partial charge in [-0.2, -0.15) is 0 Å². The molecule has 1 heterocycles. The van der Waals surface area contributed by atoms with Crippen LogP contribution >= 0.6 is 0 Å². The van der Waals surface area contributed by atoms with Gasteiger partial charge in [-0.15, -0.1) is 0 Å². The van der Waals surface area contributed by atoms with Gasteiger partial charge in [-0.1, -0.05) is 0 Å². The standard InChI is InChI=1S/C8H16N2O2/c1-6(10(2)3)4-7-5-9-8(11)12-7/h6-7H,4-5H2,1-3H3,(H,9,11). The molecule has 1 aliphatic heterocycles. The molecule has 0 aromatic heterocycles. The van der Waals surface area contributed by atoms with Crippen molar-refractivity contribution in [3.63, 3.8) is 0 Å². The maximum Gasteiger partial charge on any atom is 0.407 e. The van der Waals surface area contributed by atoms with Crippen molar-refractivity contribution in [3.05, 3.63) is 0 Å². The fourth-order valence-electron chi connectivity index (χ4n) is 1.15. The Kier molecular flexibility index (Phi) is 2.92. The summed E-state index contributed by atoms with van der Waals surface area (Å²) in [5.41, 5.74) is 0. The lowest BCUT2D eigenvalue weighted by Gasteiger charge is -2.21. The van der Waals surface area contributed by atoms with Crippen molar-refractivity contribution in [2.24, 2.45) is 0 Å². The Labute approximate surface area is 72.9 Å². The minimum absolute atomic E-state index is 0.0508. The summed E-state index contributed by atoms with van der Waals surface area (Å²) < 4.78 is 5.01. The molecule has 1 saturated heterocycles. The zero-order valence-electron chi connectivity index (χ0n) is 7.83. The summed E-state index contributed by atoms with van der Waals surface area (Å²) in [4.78, 5) is 12.8. The van der Waals surface area contributed by atoms with Crippen LogP contribution in [0, 0.1) is 0 Å². The molecule has 70 valence electrons. The Bertz CT molecular complexity index is 170. The summed E-state index contributed by atoms with van der Waals surface area (Å²) in [6.07, 6.45) is 0.659. The molecule has 0 aromatic rings. The average Bonchev–Trinajstić information content (AvgIpc) is 2.35. The molecule has 4 heteroatoms. The van der Waals surface area contributed by atoms with Gasteiger partial charge in [0.1, 0.15) is 6.10 Å². The fourth-order valence-corrected chi connectivity index (χ4v) is 1.15. The first-order valence-electron chi connectivity index (χ1n) is 4.20. The number of hydrogen-bond donors (Lipinski definition) is 1. The molecule has 0 saturated carbocycles. The van der Waals surface area contributed by atoms with Crippen LogP contribution in [0.2, 0.25) is 0 Å². The lowest BCUT2D eigenvalue weighted by atomic mass is 10.1. The third-order valence-corrected chi connectivity index (χ3v) is 2.23. The Morgan fingerprint density at radius 1 is 1.75 bits per heavy atom. The summed E-state index contributed by atoms with van der Waals surface area (Å²) in [6.45, 7) is 2.77. The molecule has 0 bridgehead atoms. The number of carbonyl (C=O) groups is 1. The van der Waals surface area contributed by atoms with E-state index >= 15 is 0 Å². The van der Waals surface area contributed by atoms with Crippen LogP contribution in [0.25, 0.3) is 0 Å². The zero-order valence-corrected chi connectivity index (χ0v) is 7.83. The molecule has 2 atom stereocenters. The molecule has 4 nitrogen and oxygen atoms in total. The summed E-state index contributed by atoms with van der Waals surface area (Å²) in [5, 5.41) is 2.63. The van der Waals surface area contributed by atoms with Crippen molar-refractivity contribution >= 4 is 6.09 Å². The number of rotatable bonds is 3. The van der Waals surface area contributed by atoms with E-state index in [1.807, 2.05) is 14.1 Å². The molecule has 2 unspecified atom stereocenters. The number of carbonyl (C=O) groups excluding carboxylic acids is 1. The Hall–Kier alpha value is -0.770. The monoisotopic (exact) mass is 172 g/mol. The number of nitrogens with one attached hydrogen (secondary N) is 1. The molecule has 1 amide bonds. The van der Waals surface area contributed by atoms with Crippen molar-refractivity contribution in [2.75, 3.05) is 20.6 Å². The maximum atomic E-state index is 10.7. The fraction of sp³-hybridized carbons (Fsp3) is 0.875. The zero-order chi connectivity index (χ0) is 9.14. The first kappa shape index (κ1) is 9.32. The molecule has 0 radical (unpaired) electrons. The maximum absolute atomic E-state index is 10.7. The largest absolute Gasteiger partial charge is 0.444 e. The molecule has 1 rings (SSSR count). The molecule has 0 aliphatic carbocycles. The molecular formula is C8H16N2O2. The van der Waals surface area contributed by atoms with Crippen LogP contribution in [0.5, 0.6) is 0 Å². The van der Waals surface area contributed by atoms with Gasteiger partial charge in [0.2, 0.25) is 0 Å². The van der Waals surface area contributed by atoms with Crippen LogP contribution < -0.4 is 5.32 Å². The minimum Gasteiger partial charge on any atom is -0.444 e. The normalized spacial score (nSPS) is 25.3. The van der Waals surface area contributed by atoms with Gasteiger partial charge in [-0.25, -0.2) is 4.79 Å². The first-order chi connectivity index (χ1) is 5.59. The van der Waals surface area contributed by atoms with E-state index < -0.39 is 0 Å². The highest BCUT2D eigenvalue weighted by Gasteiger charge is 2.24. The van der Waals surface area contributed by atoms with Gasteiger partial charge in [0.05, 0.1) is 6.54 Å². The second-order valence-corrected chi connectivity index (χ2v) is 3.46. The summed E-state index contributed by atoms with van der Waals surface area (Å²) >= 11 is 0. The molecule has 1 aliphatic rings. The molecule has 0 spiro atoms. The Balaban J connectivity index is 2.27. The highest BCUT2D eigenvalue weighted by atomic mass is 16.6. The van der Waals surface area contributed by atoms with Gasteiger partial charge in [-0.3, -0.25) is 0 Å². The number of amides is 1. The second kappa shape index (κ2) is 3.76. The number of cyclic esters (lactones) is 1. The number of alkyl carbamates (subject to hydrolysis) is 1. The third kappa shape index (κ3) is 2.37. The van der Waals surface area contributed by atoms with Gasteiger partial charge >= 0.3 is 6.09 Å². The van der Waals surface area contributed by atoms with Gasteiger partial charge in [0.15, 0.2) is 0 Å². The smallest absolute Gasteiger partial charge is 0.407 e. The van der Waals surface area contributed by atoms with Crippen LogP contribution in [0.1, 0.15) is 13.3 Å². The topological polar surface area (TPSA) is 41.6 Å². The number of nitrogens with zero attached hydrogens (tertiary/aromatic N) is 1. The van der Waals surface area contributed by atoms with E-state index in [1.165, 1.54) is 0 Å². The van der Waals surface area contributed by atoms with Gasteiger partial charge < -0.3 is 15.0 Å². The van der Waals surface area contributed by atoms with Gasteiger partial charge in [0.25, 0.3) is 0 Å². The van der Waals surface area contributed by atoms with Gasteiger partial charge in [0, 0.05) is 12.5 Å². The average molecular weight is 172 g/mol. The predicted molar refractivity (Wildman–Crippen MR) is 46.0 cm³/mol. The minimum atomic E-state index is -0.286. The van der Waals surface area contributed by atoms with E-state index in [4.69, 9.17) is 4.74 Å². The Morgan fingerprint density at radius 2 is 2.42 bits per heavy atom. The number of hydrogen-bond acceptors (Lipinski definition) is 3. The van der Waals surface area contributed by atoms with Crippen LogP contribution in [-0.2, 0) is 4.74 Å². The molecule has 0 aromatic carbocycles. The lowest BCUT2D eigenvalue weighted by Crippen LogP contribution is -2.30. The van der Waals surface area contributed by atoms with Crippen LogP contribution in [-0.4, -0.2) is 43.8 Å². The van der Waals surface area contributed by atoms with Crippen molar-refractivity contribution in [1.29, 1.82) is 0 Å². The van der Waals surface area contributed by atoms with Crippen LogP contribution in [0.15, 0.2) is 0 Å². The molecule has 1 fully saturated rings. The van der Waals surface area contributed by atoms with Gasteiger partial charge in [-0.05, 0) is 21.0 Å². The highest BCUT2D eigenvalue weighted by molar-refractivity contribution is 5.69. The van der Waals surface area contributed by atoms with Crippen LogP contribution in [0.3, 0.4) is 0 Å². The van der Waals surface area contributed by atoms with Crippen molar-refractivity contribution in [2.45, 2.75) is 25.5 Å². The van der Waals surface area contributed by atoms with Crippen molar-refractivity contribution in [1.82, 2.24) is 10.2 Å². The lowest BCUT2D eigenvalue weighted by molar-refractivity contribution is 0.118. The number of ether oxygens (including phenoxy) is 1. The molecule has 1 N–H and O–H groups in total. The Morgan fingerprint density at radius 3 is 2.83 bits per heavy atom. The van der Waals surface area contributed by atoms with Crippen LogP contribution in [0.4, 0.5) is 4.79 Å². The molecule has 12 heavy (non-hydrogen) atoms. The predicted octanol–water partition coefficient (Wildman–Crippen LogP) is 0.435. The first-order valence-corrected chi connectivity index (χ1v) is 4.20. The van der Waals surface area contributed by atoms with Crippen molar-refractivity contribution in [3.8, 4) is 0 Å². The van der Waals surface area contributed by atoms with E-state index in [0.717, 1.165) is 6.42 Å². The van der Waals surface area contributed by atoms with E-state index in [0.29, 0.717) is 12.6 Å². The summed E-state index contributed by atoms with van der Waals surface area (Å²) in [7, 11) is 4.05. The SMILES string of the molecule is CC(CC1CNC(=O)O1)N(C)C. The van der Waals surface area contributed by atoms with Crippen molar-refractivity contribution < 1.29 is 9.53 Å². The molecular weight excluding hydrogens is 156 g/mol. The third-order valence-electron chi connectivity index (χ3n) is 2.23. The van der Waals surface area contributed by atoms with E-state index in [2.05, 4.69) is 17.1 Å². The summed E-state index contributed by atoms with van der Waals surface area (Å²) in [6, 6.07) is 0.447.